The number of halogens is 3. The van der Waals surface area contributed by atoms with Gasteiger partial charge in [0.15, 0.2) is 11.6 Å². The van der Waals surface area contributed by atoms with Crippen LogP contribution in [0.5, 0.6) is 0 Å². The number of fused-ring (bicyclic) bond motifs is 2. The smallest absolute Gasteiger partial charge is 0.417 e. The minimum atomic E-state index is -4.79. The van der Waals surface area contributed by atoms with Crippen LogP contribution in [0.3, 0.4) is 0 Å². The van der Waals surface area contributed by atoms with Crippen LogP contribution < -0.4 is 15.5 Å². The maximum absolute atomic E-state index is 14.3. The molecule has 3 fully saturated rings. The number of pyridine rings is 1. The molecule has 0 aliphatic carbocycles. The van der Waals surface area contributed by atoms with Gasteiger partial charge in [-0.1, -0.05) is 6.58 Å². The number of hydrogen-bond donors (Lipinski definition) is 2. The van der Waals surface area contributed by atoms with Crippen molar-refractivity contribution in [3.8, 4) is 11.4 Å². The number of alkyl halides is 3. The Morgan fingerprint density at radius 3 is 2.51 bits per heavy atom. The van der Waals surface area contributed by atoms with Gasteiger partial charge in [-0.15, -0.1) is 5.10 Å². The van der Waals surface area contributed by atoms with E-state index in [4.69, 9.17) is 4.74 Å². The minimum Gasteiger partial charge on any atom is -0.453 e. The molecule has 3 saturated heterocycles. The second kappa shape index (κ2) is 13.2. The highest BCUT2D eigenvalue weighted by molar-refractivity contribution is 5.90. The lowest BCUT2D eigenvalue weighted by molar-refractivity contribution is -0.137. The first kappa shape index (κ1) is 32.2. The Morgan fingerprint density at radius 2 is 1.85 bits per heavy atom. The Labute approximate surface area is 267 Å². The third-order valence-electron chi connectivity index (χ3n) is 8.60. The van der Waals surface area contributed by atoms with Gasteiger partial charge in [-0.05, 0) is 35.6 Å². The quantitative estimate of drug-likeness (QED) is 0.345. The van der Waals surface area contributed by atoms with Crippen molar-refractivity contribution in [2.45, 2.75) is 12.7 Å². The van der Waals surface area contributed by atoms with Crippen LogP contribution in [0.4, 0.5) is 29.6 Å². The van der Waals surface area contributed by atoms with Gasteiger partial charge in [-0.2, -0.15) is 13.2 Å². The highest BCUT2D eigenvalue weighted by Crippen LogP contribution is 2.38. The topological polar surface area (TPSA) is 147 Å². The number of anilines is 2. The summed E-state index contributed by atoms with van der Waals surface area (Å²) < 4.78 is 54.4. The number of amides is 3. The molecule has 6 rings (SSSR count). The Hall–Kier alpha value is -4.77. The zero-order chi connectivity index (χ0) is 33.3. The van der Waals surface area contributed by atoms with Crippen molar-refractivity contribution in [2.24, 2.45) is 11.8 Å². The van der Waals surface area contributed by atoms with E-state index in [9.17, 15) is 27.6 Å². The molecule has 47 heavy (non-hydrogen) atoms. The minimum absolute atomic E-state index is 0.0606. The maximum Gasteiger partial charge on any atom is 0.417 e. The van der Waals surface area contributed by atoms with E-state index in [1.54, 1.807) is 15.6 Å². The third-order valence-corrected chi connectivity index (χ3v) is 8.60. The van der Waals surface area contributed by atoms with E-state index in [0.29, 0.717) is 69.1 Å². The Balaban J connectivity index is 1.25. The second-order valence-electron chi connectivity index (χ2n) is 11.7. The summed E-state index contributed by atoms with van der Waals surface area (Å²) in [5.74, 6) is 0.0651. The Morgan fingerprint density at radius 1 is 1.13 bits per heavy atom. The van der Waals surface area contributed by atoms with Gasteiger partial charge >= 0.3 is 12.3 Å². The molecule has 0 spiro atoms. The summed E-state index contributed by atoms with van der Waals surface area (Å²) in [5, 5.41) is 9.19. The van der Waals surface area contributed by atoms with E-state index in [-0.39, 0.29) is 35.6 Å². The fourth-order valence-corrected chi connectivity index (χ4v) is 6.37. The van der Waals surface area contributed by atoms with Crippen molar-refractivity contribution < 1.29 is 37.0 Å². The number of nitrogens with zero attached hydrogens (tertiary/aromatic N) is 7. The number of ether oxygens (including phenoxy) is 2. The summed E-state index contributed by atoms with van der Waals surface area (Å²) in [7, 11) is 1.09. The van der Waals surface area contributed by atoms with E-state index in [1.807, 2.05) is 11.0 Å². The molecule has 0 saturated carbocycles. The van der Waals surface area contributed by atoms with E-state index in [1.165, 1.54) is 0 Å². The van der Waals surface area contributed by atoms with Crippen molar-refractivity contribution in [3.05, 3.63) is 48.3 Å². The number of methoxy groups -OCH3 is 1. The lowest BCUT2D eigenvalue weighted by Gasteiger charge is -2.28. The van der Waals surface area contributed by atoms with Gasteiger partial charge in [0.2, 0.25) is 11.8 Å². The van der Waals surface area contributed by atoms with Crippen LogP contribution in [-0.2, 0) is 31.8 Å². The molecule has 3 aliphatic heterocycles. The van der Waals surface area contributed by atoms with Gasteiger partial charge in [0, 0.05) is 58.2 Å². The number of hydrogen-bond acceptors (Lipinski definition) is 10. The van der Waals surface area contributed by atoms with Gasteiger partial charge < -0.3 is 24.6 Å². The van der Waals surface area contributed by atoms with Gasteiger partial charge in [-0.25, -0.2) is 19.3 Å². The van der Waals surface area contributed by atoms with Crippen LogP contribution in [-0.4, -0.2) is 113 Å². The second-order valence-corrected chi connectivity index (χ2v) is 11.7. The molecular formula is C30H34F3N9O5. The van der Waals surface area contributed by atoms with Crippen molar-refractivity contribution in [1.29, 1.82) is 0 Å². The number of aromatic nitrogens is 4. The van der Waals surface area contributed by atoms with Crippen molar-refractivity contribution in [2.75, 3.05) is 76.4 Å². The zero-order valence-electron chi connectivity index (χ0n) is 25.6. The fraction of sp³-hybridized carbons (Fsp3) is 0.467. The predicted molar refractivity (Wildman–Crippen MR) is 162 cm³/mol. The van der Waals surface area contributed by atoms with E-state index in [0.717, 1.165) is 44.1 Å². The normalized spacial score (nSPS) is 19.9. The molecule has 0 unspecified atom stereocenters. The molecule has 3 aromatic heterocycles. The van der Waals surface area contributed by atoms with Crippen molar-refractivity contribution in [1.82, 2.24) is 34.7 Å². The number of nitrogens with one attached hydrogen (secondary N) is 2. The molecular weight excluding hydrogens is 623 g/mol. The van der Waals surface area contributed by atoms with Crippen LogP contribution in [0.15, 0.2) is 37.2 Å². The average Bonchev–Trinajstić information content (AvgIpc) is 3.76. The third kappa shape index (κ3) is 7.00. The summed E-state index contributed by atoms with van der Waals surface area (Å²) >= 11 is 0. The number of carbonyl (C=O) groups excluding carboxylic acids is 3. The molecule has 0 bridgehead atoms. The van der Waals surface area contributed by atoms with E-state index in [2.05, 4.69) is 41.9 Å². The fourth-order valence-electron chi connectivity index (χ4n) is 6.37. The first-order valence-electron chi connectivity index (χ1n) is 15.1. The largest absolute Gasteiger partial charge is 0.453 e. The SMILES string of the molecule is C=CC(=O)NCC(=O)N1C[C@H]2CN(Cc3cc4c(N5CCOCC5)nc(-c5cnc(NC(=O)OC)cc5C(F)(F)F)nn4c3)C[C@H]2C1. The molecule has 14 nitrogen and oxygen atoms in total. The highest BCUT2D eigenvalue weighted by Gasteiger charge is 2.41. The molecule has 17 heteroatoms. The zero-order valence-corrected chi connectivity index (χ0v) is 25.6. The maximum atomic E-state index is 14.3. The molecule has 2 atom stereocenters. The summed E-state index contributed by atoms with van der Waals surface area (Å²) in [4.78, 5) is 50.3. The van der Waals surface area contributed by atoms with Crippen LogP contribution in [0, 0.1) is 11.8 Å². The number of rotatable bonds is 8. The molecule has 3 amide bonds. The van der Waals surface area contributed by atoms with Gasteiger partial charge in [0.05, 0.1) is 38.0 Å². The molecule has 3 aromatic rings. The van der Waals surface area contributed by atoms with E-state index >= 15 is 0 Å². The number of morpholine rings is 1. The van der Waals surface area contributed by atoms with Crippen molar-refractivity contribution in [3.63, 3.8) is 0 Å². The molecule has 3 aliphatic rings. The summed E-state index contributed by atoms with van der Waals surface area (Å²) in [6.07, 6.45) is -1.83. The van der Waals surface area contributed by atoms with E-state index < -0.39 is 17.8 Å². The summed E-state index contributed by atoms with van der Waals surface area (Å²) in [6.45, 7) is 8.59. The first-order valence-corrected chi connectivity index (χ1v) is 15.1. The van der Waals surface area contributed by atoms with Gasteiger partial charge in [0.1, 0.15) is 11.3 Å². The molecule has 2 N–H and O–H groups in total. The van der Waals surface area contributed by atoms with Crippen molar-refractivity contribution >= 4 is 35.1 Å². The number of carbonyl (C=O) groups is 3. The monoisotopic (exact) mass is 657 g/mol. The van der Waals surface area contributed by atoms with Crippen LogP contribution in [0.2, 0.25) is 0 Å². The Kier molecular flexibility index (Phi) is 9.01. The first-order chi connectivity index (χ1) is 22.5. The molecule has 250 valence electrons. The van der Waals surface area contributed by atoms with Gasteiger partial charge in [0.25, 0.3) is 0 Å². The lowest BCUT2D eigenvalue weighted by atomic mass is 10.0. The Bertz CT molecular complexity index is 1680. The van der Waals surface area contributed by atoms with Gasteiger partial charge in [-0.3, -0.25) is 19.8 Å². The van der Waals surface area contributed by atoms with Crippen LogP contribution >= 0.6 is 0 Å². The molecule has 0 radical (unpaired) electrons. The predicted octanol–water partition coefficient (Wildman–Crippen LogP) is 2.02. The lowest BCUT2D eigenvalue weighted by Crippen LogP contribution is -2.40. The molecule has 6 heterocycles. The summed E-state index contributed by atoms with van der Waals surface area (Å²) in [6, 6.07) is 2.68. The molecule has 0 aromatic carbocycles. The van der Waals surface area contributed by atoms with Crippen LogP contribution in [0.25, 0.3) is 16.9 Å². The standard InChI is InChI=1S/C30H34F3N9O5/c1-3-25(43)35-11-26(44)41-16-19-14-39(15-20(19)17-41)12-18-8-23-28(40-4-6-47-7-5-40)37-27(38-42(23)13-18)21-10-34-24(36-29(45)46-2)9-22(21)30(31,32)33/h3,8-10,13,19-20H,1,4-7,11-12,14-17H2,2H3,(H,35,43)(H,34,36,45)/t19-,20+. The highest BCUT2D eigenvalue weighted by atomic mass is 19.4. The number of likely N-dealkylation sites (tertiary alicyclic amines) is 2. The average molecular weight is 658 g/mol. The van der Waals surface area contributed by atoms with Crippen LogP contribution in [0.1, 0.15) is 11.1 Å². The summed E-state index contributed by atoms with van der Waals surface area (Å²) in [5.41, 5.74) is 0.166.